The van der Waals surface area contributed by atoms with E-state index in [1.54, 1.807) is 36.4 Å². The summed E-state index contributed by atoms with van der Waals surface area (Å²) in [7, 11) is 3.49. The van der Waals surface area contributed by atoms with Crippen LogP contribution in [0.3, 0.4) is 0 Å². The number of likely N-dealkylation sites (tertiary alicyclic amines) is 1. The molecule has 0 saturated carbocycles. The molecule has 3 amide bonds. The number of carbonyl (C=O) groups is 2. The lowest BCUT2D eigenvalue weighted by Crippen LogP contribution is -2.46. The lowest BCUT2D eigenvalue weighted by atomic mass is 9.96. The van der Waals surface area contributed by atoms with Gasteiger partial charge < -0.3 is 20.1 Å². The molecule has 0 radical (unpaired) electrons. The summed E-state index contributed by atoms with van der Waals surface area (Å²) in [5.41, 5.74) is 1.02. The number of aromatic amines is 1. The van der Waals surface area contributed by atoms with Crippen LogP contribution in [-0.4, -0.2) is 65.4 Å². The van der Waals surface area contributed by atoms with Crippen LogP contribution in [0.15, 0.2) is 12.5 Å². The molecular formula is C14H23N5O2. The minimum Gasteiger partial charge on any atom is -0.355 e. The molecule has 1 saturated heterocycles. The molecule has 0 unspecified atom stereocenters. The number of aromatic nitrogens is 2. The number of nitrogens with zero attached hydrogens (tertiary/aromatic N) is 3. The van der Waals surface area contributed by atoms with Gasteiger partial charge in [0.1, 0.15) is 0 Å². The summed E-state index contributed by atoms with van der Waals surface area (Å²) < 4.78 is 0. The second-order valence-electron chi connectivity index (χ2n) is 5.56. The van der Waals surface area contributed by atoms with Crippen LogP contribution in [0.2, 0.25) is 0 Å². The number of carbonyl (C=O) groups excluding carboxylic acids is 2. The summed E-state index contributed by atoms with van der Waals surface area (Å²) in [5, 5.41) is 2.96. The van der Waals surface area contributed by atoms with E-state index in [0.717, 1.165) is 25.0 Å². The van der Waals surface area contributed by atoms with E-state index in [-0.39, 0.29) is 17.9 Å². The van der Waals surface area contributed by atoms with Gasteiger partial charge in [0, 0.05) is 58.0 Å². The third kappa shape index (κ3) is 4.21. The minimum atomic E-state index is 0.0120. The molecule has 2 heterocycles. The molecule has 0 aliphatic carbocycles. The van der Waals surface area contributed by atoms with Crippen molar-refractivity contribution in [2.45, 2.75) is 19.3 Å². The van der Waals surface area contributed by atoms with Gasteiger partial charge in [-0.3, -0.25) is 4.79 Å². The van der Waals surface area contributed by atoms with Gasteiger partial charge in [0.15, 0.2) is 0 Å². The fourth-order valence-electron chi connectivity index (χ4n) is 2.50. The summed E-state index contributed by atoms with van der Waals surface area (Å²) >= 11 is 0. The van der Waals surface area contributed by atoms with Crippen molar-refractivity contribution in [1.82, 2.24) is 25.1 Å². The van der Waals surface area contributed by atoms with Crippen molar-refractivity contribution in [2.24, 2.45) is 5.92 Å². The minimum absolute atomic E-state index is 0.0120. The summed E-state index contributed by atoms with van der Waals surface area (Å²) in [6, 6.07) is 0.0214. The predicted molar refractivity (Wildman–Crippen MR) is 78.7 cm³/mol. The molecular weight excluding hydrogens is 270 g/mol. The monoisotopic (exact) mass is 293 g/mol. The predicted octanol–water partition coefficient (Wildman–Crippen LogP) is 0.462. The van der Waals surface area contributed by atoms with Crippen molar-refractivity contribution in [3.63, 3.8) is 0 Å². The van der Waals surface area contributed by atoms with Crippen molar-refractivity contribution in [1.29, 1.82) is 0 Å². The van der Waals surface area contributed by atoms with E-state index in [4.69, 9.17) is 0 Å². The Kier molecular flexibility index (Phi) is 5.19. The van der Waals surface area contributed by atoms with Gasteiger partial charge in [-0.15, -0.1) is 0 Å². The number of piperidine rings is 1. The van der Waals surface area contributed by atoms with Crippen LogP contribution in [-0.2, 0) is 11.2 Å². The third-order valence-electron chi connectivity index (χ3n) is 3.77. The first-order valence-electron chi connectivity index (χ1n) is 7.29. The number of hydrogen-bond acceptors (Lipinski definition) is 3. The summed E-state index contributed by atoms with van der Waals surface area (Å²) in [5.74, 6) is 0.101. The number of imidazole rings is 1. The molecule has 0 spiro atoms. The standard InChI is InChI=1S/C14H23N5O2/c1-18(2)14(21)19-7-4-11(5-8-19)13(20)16-6-3-12-9-15-10-17-12/h9-11H,3-8H2,1-2H3,(H,15,17)(H,16,20). The van der Waals surface area contributed by atoms with Gasteiger partial charge >= 0.3 is 6.03 Å². The Morgan fingerprint density at radius 2 is 2.14 bits per heavy atom. The molecule has 7 heteroatoms. The number of hydrogen-bond donors (Lipinski definition) is 2. The molecule has 0 bridgehead atoms. The molecule has 1 aliphatic heterocycles. The molecule has 21 heavy (non-hydrogen) atoms. The van der Waals surface area contributed by atoms with E-state index in [1.807, 2.05) is 0 Å². The van der Waals surface area contributed by atoms with E-state index in [0.29, 0.717) is 19.6 Å². The Morgan fingerprint density at radius 3 is 2.71 bits per heavy atom. The molecule has 1 aromatic heterocycles. The fraction of sp³-hybridized carbons (Fsp3) is 0.643. The highest BCUT2D eigenvalue weighted by Crippen LogP contribution is 2.18. The first kappa shape index (κ1) is 15.3. The van der Waals surface area contributed by atoms with E-state index >= 15 is 0 Å². The quantitative estimate of drug-likeness (QED) is 0.846. The van der Waals surface area contributed by atoms with Gasteiger partial charge in [0.2, 0.25) is 5.91 Å². The zero-order valence-corrected chi connectivity index (χ0v) is 12.6. The van der Waals surface area contributed by atoms with Crippen LogP contribution in [0.5, 0.6) is 0 Å². The highest BCUT2D eigenvalue weighted by molar-refractivity contribution is 5.79. The summed E-state index contributed by atoms with van der Waals surface area (Å²) in [4.78, 5) is 34.2. The van der Waals surface area contributed by atoms with Crippen LogP contribution in [0.4, 0.5) is 4.79 Å². The van der Waals surface area contributed by atoms with Gasteiger partial charge in [0.05, 0.1) is 6.33 Å². The van der Waals surface area contributed by atoms with Crippen LogP contribution in [0, 0.1) is 5.92 Å². The fourth-order valence-corrected chi connectivity index (χ4v) is 2.50. The smallest absolute Gasteiger partial charge is 0.319 e. The first-order valence-corrected chi connectivity index (χ1v) is 7.29. The average Bonchev–Trinajstić information content (AvgIpc) is 2.99. The second kappa shape index (κ2) is 7.10. The average molecular weight is 293 g/mol. The van der Waals surface area contributed by atoms with Crippen LogP contribution < -0.4 is 5.32 Å². The Hall–Kier alpha value is -2.05. The van der Waals surface area contributed by atoms with Crippen molar-refractivity contribution in [2.75, 3.05) is 33.7 Å². The number of rotatable bonds is 4. The molecule has 2 rings (SSSR count). The molecule has 0 aromatic carbocycles. The van der Waals surface area contributed by atoms with Gasteiger partial charge in [0.25, 0.3) is 0 Å². The van der Waals surface area contributed by atoms with E-state index in [1.165, 1.54) is 0 Å². The lowest BCUT2D eigenvalue weighted by Gasteiger charge is -2.33. The maximum absolute atomic E-state index is 12.1. The molecule has 2 N–H and O–H groups in total. The highest BCUT2D eigenvalue weighted by atomic mass is 16.2. The van der Waals surface area contributed by atoms with E-state index in [2.05, 4.69) is 15.3 Å². The van der Waals surface area contributed by atoms with Gasteiger partial charge in [-0.25, -0.2) is 9.78 Å². The molecule has 116 valence electrons. The molecule has 1 aliphatic rings. The zero-order valence-electron chi connectivity index (χ0n) is 12.6. The summed E-state index contributed by atoms with van der Waals surface area (Å²) in [6.07, 6.45) is 5.61. The maximum atomic E-state index is 12.1. The number of H-pyrrole nitrogens is 1. The molecule has 7 nitrogen and oxygen atoms in total. The Balaban J connectivity index is 1.69. The van der Waals surface area contributed by atoms with Crippen molar-refractivity contribution >= 4 is 11.9 Å². The SMILES string of the molecule is CN(C)C(=O)N1CCC(C(=O)NCCc2cnc[nH]2)CC1. The van der Waals surface area contributed by atoms with Crippen molar-refractivity contribution < 1.29 is 9.59 Å². The number of nitrogens with one attached hydrogen (secondary N) is 2. The normalized spacial score (nSPS) is 15.8. The van der Waals surface area contributed by atoms with Crippen molar-refractivity contribution in [3.05, 3.63) is 18.2 Å². The molecule has 1 aromatic rings. The van der Waals surface area contributed by atoms with E-state index in [9.17, 15) is 9.59 Å². The van der Waals surface area contributed by atoms with Gasteiger partial charge in [-0.1, -0.05) is 0 Å². The Bertz CT molecular complexity index is 464. The van der Waals surface area contributed by atoms with Gasteiger partial charge in [-0.05, 0) is 12.8 Å². The van der Waals surface area contributed by atoms with Crippen LogP contribution in [0.25, 0.3) is 0 Å². The largest absolute Gasteiger partial charge is 0.355 e. The highest BCUT2D eigenvalue weighted by Gasteiger charge is 2.27. The van der Waals surface area contributed by atoms with Crippen LogP contribution in [0.1, 0.15) is 18.5 Å². The Labute approximate surface area is 124 Å². The number of amides is 3. The third-order valence-corrected chi connectivity index (χ3v) is 3.77. The summed E-state index contributed by atoms with van der Waals surface area (Å²) in [6.45, 7) is 1.91. The van der Waals surface area contributed by atoms with Crippen LogP contribution >= 0.6 is 0 Å². The van der Waals surface area contributed by atoms with Gasteiger partial charge in [-0.2, -0.15) is 0 Å². The molecule has 1 fully saturated rings. The van der Waals surface area contributed by atoms with E-state index < -0.39 is 0 Å². The topological polar surface area (TPSA) is 81.3 Å². The zero-order chi connectivity index (χ0) is 15.2. The number of urea groups is 1. The first-order chi connectivity index (χ1) is 10.1. The molecule has 0 atom stereocenters. The lowest BCUT2D eigenvalue weighted by molar-refractivity contribution is -0.126. The Morgan fingerprint density at radius 1 is 1.43 bits per heavy atom. The maximum Gasteiger partial charge on any atom is 0.319 e. The van der Waals surface area contributed by atoms with Crippen molar-refractivity contribution in [3.8, 4) is 0 Å². The second-order valence-corrected chi connectivity index (χ2v) is 5.56.